The number of nitrogens with zero attached hydrogens (tertiary/aromatic N) is 1. The number of nitrogens with two attached hydrogens (primary N) is 1. The van der Waals surface area contributed by atoms with E-state index in [1.165, 1.54) is 4.90 Å². The summed E-state index contributed by atoms with van der Waals surface area (Å²) in [6, 6.07) is 0.586. The summed E-state index contributed by atoms with van der Waals surface area (Å²) in [5, 5.41) is 8.94. The van der Waals surface area contributed by atoms with Crippen molar-refractivity contribution in [3.05, 3.63) is 0 Å². The number of hydrogen-bond acceptors (Lipinski definition) is 5. The van der Waals surface area contributed by atoms with Crippen LogP contribution in [0.15, 0.2) is 0 Å². The van der Waals surface area contributed by atoms with Crippen LogP contribution in [0.2, 0.25) is 6.04 Å². The van der Waals surface area contributed by atoms with Crippen molar-refractivity contribution < 1.29 is 23.2 Å². The number of hydrogen-bond donors (Lipinski definition) is 2. The molecule has 8 heteroatoms. The lowest BCUT2D eigenvalue weighted by Gasteiger charge is -2.26. The van der Waals surface area contributed by atoms with Crippen LogP contribution in [0.25, 0.3) is 0 Å². The molecule has 0 unspecified atom stereocenters. The van der Waals surface area contributed by atoms with E-state index in [2.05, 4.69) is 0 Å². The Morgan fingerprint density at radius 2 is 1.94 bits per heavy atom. The number of amides is 1. The van der Waals surface area contributed by atoms with Gasteiger partial charge in [-0.25, -0.2) is 4.79 Å². The van der Waals surface area contributed by atoms with Crippen molar-refractivity contribution in [2.45, 2.75) is 19.4 Å². The van der Waals surface area contributed by atoms with Crippen molar-refractivity contribution in [1.29, 1.82) is 0 Å². The first-order chi connectivity index (χ1) is 8.55. The van der Waals surface area contributed by atoms with E-state index in [1.807, 2.05) is 6.92 Å². The maximum Gasteiger partial charge on any atom is 0.500 e. The third-order valence-corrected chi connectivity index (χ3v) is 5.51. The Hall–Kier alpha value is -0.673. The van der Waals surface area contributed by atoms with Crippen molar-refractivity contribution in [1.82, 2.24) is 4.90 Å². The van der Waals surface area contributed by atoms with E-state index in [9.17, 15) is 4.79 Å². The molecule has 0 aromatic rings. The van der Waals surface area contributed by atoms with Gasteiger partial charge >= 0.3 is 14.9 Å². The summed E-state index contributed by atoms with van der Waals surface area (Å²) in [5.74, 6) is 0. The van der Waals surface area contributed by atoms with E-state index >= 15 is 0 Å². The van der Waals surface area contributed by atoms with Crippen LogP contribution in [0.5, 0.6) is 0 Å². The van der Waals surface area contributed by atoms with Gasteiger partial charge in [0.05, 0.1) is 0 Å². The standard InChI is InChI=1S/C10H24N2O5Si/c1-4-17-18(15-2,16-3)9-5-7-12(8-6-11)10(13)14/h4-9,11H2,1-3H3,(H,13,14). The van der Waals surface area contributed by atoms with Gasteiger partial charge in [0.25, 0.3) is 0 Å². The minimum Gasteiger partial charge on any atom is -0.465 e. The number of rotatable bonds is 10. The summed E-state index contributed by atoms with van der Waals surface area (Å²) < 4.78 is 16.2. The topological polar surface area (TPSA) is 94.3 Å². The largest absolute Gasteiger partial charge is 0.500 e. The van der Waals surface area contributed by atoms with Gasteiger partial charge in [-0.15, -0.1) is 0 Å². The molecule has 0 radical (unpaired) electrons. The van der Waals surface area contributed by atoms with Crippen molar-refractivity contribution in [2.24, 2.45) is 5.73 Å². The molecule has 0 bridgehead atoms. The third-order valence-electron chi connectivity index (χ3n) is 2.57. The monoisotopic (exact) mass is 280 g/mol. The second-order valence-corrected chi connectivity index (χ2v) is 6.66. The van der Waals surface area contributed by atoms with E-state index in [1.54, 1.807) is 14.2 Å². The van der Waals surface area contributed by atoms with Crippen LogP contribution in [0, 0.1) is 0 Å². The zero-order chi connectivity index (χ0) is 14.0. The first kappa shape index (κ1) is 17.3. The molecule has 0 spiro atoms. The normalized spacial score (nSPS) is 11.6. The average molecular weight is 280 g/mol. The van der Waals surface area contributed by atoms with Gasteiger partial charge < -0.3 is 29.0 Å². The first-order valence-corrected chi connectivity index (χ1v) is 7.90. The minimum absolute atomic E-state index is 0.314. The maximum atomic E-state index is 10.9. The van der Waals surface area contributed by atoms with Crippen LogP contribution in [0.1, 0.15) is 13.3 Å². The minimum atomic E-state index is -2.62. The van der Waals surface area contributed by atoms with Crippen LogP contribution in [-0.4, -0.2) is 65.4 Å². The number of carboxylic acid groups (broad SMARTS) is 1. The number of carbonyl (C=O) groups is 1. The van der Waals surface area contributed by atoms with Gasteiger partial charge in [-0.05, 0) is 13.3 Å². The predicted octanol–water partition coefficient (Wildman–Crippen LogP) is 0.583. The molecule has 0 aliphatic heterocycles. The van der Waals surface area contributed by atoms with Crippen LogP contribution >= 0.6 is 0 Å². The van der Waals surface area contributed by atoms with Crippen LogP contribution in [0.3, 0.4) is 0 Å². The van der Waals surface area contributed by atoms with Crippen molar-refractivity contribution >= 4 is 14.9 Å². The van der Waals surface area contributed by atoms with Gasteiger partial charge in [0.2, 0.25) is 0 Å². The molecule has 0 aromatic carbocycles. The molecule has 0 aromatic heterocycles. The first-order valence-electron chi connectivity index (χ1n) is 5.97. The van der Waals surface area contributed by atoms with Gasteiger partial charge in [-0.3, -0.25) is 0 Å². The van der Waals surface area contributed by atoms with Crippen molar-refractivity contribution in [2.75, 3.05) is 40.5 Å². The molecule has 108 valence electrons. The van der Waals surface area contributed by atoms with E-state index in [0.717, 1.165) is 0 Å². The van der Waals surface area contributed by atoms with Crippen molar-refractivity contribution in [3.63, 3.8) is 0 Å². The highest BCUT2D eigenvalue weighted by molar-refractivity contribution is 6.60. The second kappa shape index (κ2) is 9.28. The van der Waals surface area contributed by atoms with Gasteiger partial charge in [0.1, 0.15) is 0 Å². The average Bonchev–Trinajstić information content (AvgIpc) is 2.36. The van der Waals surface area contributed by atoms with E-state index in [4.69, 9.17) is 24.1 Å². The molecule has 1 amide bonds. The lowest BCUT2D eigenvalue weighted by molar-refractivity contribution is 0.101. The Morgan fingerprint density at radius 1 is 1.33 bits per heavy atom. The third kappa shape index (κ3) is 5.78. The highest BCUT2D eigenvalue weighted by Gasteiger charge is 2.38. The molecule has 0 atom stereocenters. The Morgan fingerprint density at radius 3 is 2.33 bits per heavy atom. The quantitative estimate of drug-likeness (QED) is 0.569. The lowest BCUT2D eigenvalue weighted by Crippen LogP contribution is -2.44. The molecule has 7 nitrogen and oxygen atoms in total. The van der Waals surface area contributed by atoms with Gasteiger partial charge in [0, 0.05) is 46.5 Å². The zero-order valence-corrected chi connectivity index (χ0v) is 12.3. The van der Waals surface area contributed by atoms with Crippen LogP contribution in [0.4, 0.5) is 4.79 Å². The summed E-state index contributed by atoms with van der Waals surface area (Å²) in [4.78, 5) is 12.2. The molecular formula is C10H24N2O5Si. The molecule has 0 heterocycles. The molecule has 0 rings (SSSR count). The van der Waals surface area contributed by atoms with Gasteiger partial charge in [-0.2, -0.15) is 0 Å². The second-order valence-electron chi connectivity index (χ2n) is 3.69. The summed E-state index contributed by atoms with van der Waals surface area (Å²) in [6.45, 7) is 3.44. The summed E-state index contributed by atoms with van der Waals surface area (Å²) in [5.41, 5.74) is 5.35. The fourth-order valence-corrected chi connectivity index (χ4v) is 3.63. The van der Waals surface area contributed by atoms with Gasteiger partial charge in [-0.1, -0.05) is 0 Å². The fraction of sp³-hybridized carbons (Fsp3) is 0.900. The van der Waals surface area contributed by atoms with E-state index in [-0.39, 0.29) is 0 Å². The van der Waals surface area contributed by atoms with Crippen LogP contribution < -0.4 is 5.73 Å². The zero-order valence-electron chi connectivity index (χ0n) is 11.3. The molecule has 0 aliphatic carbocycles. The highest BCUT2D eigenvalue weighted by Crippen LogP contribution is 2.16. The van der Waals surface area contributed by atoms with Crippen molar-refractivity contribution in [3.8, 4) is 0 Å². The molecule has 3 N–H and O–H groups in total. The Bertz CT molecular complexity index is 238. The van der Waals surface area contributed by atoms with E-state index in [0.29, 0.717) is 38.7 Å². The Labute approximate surface area is 109 Å². The SMILES string of the molecule is CCO[Si](CCCN(CCN)C(=O)O)(OC)OC. The highest BCUT2D eigenvalue weighted by atomic mass is 28.4. The summed E-state index contributed by atoms with van der Waals surface area (Å²) in [6.07, 6.45) is -0.334. The fourth-order valence-electron chi connectivity index (χ4n) is 1.64. The summed E-state index contributed by atoms with van der Waals surface area (Å²) >= 11 is 0. The maximum absolute atomic E-state index is 10.9. The molecule has 0 aliphatic rings. The molecule has 0 fully saturated rings. The predicted molar refractivity (Wildman–Crippen MR) is 69.5 cm³/mol. The Balaban J connectivity index is 4.22. The lowest BCUT2D eigenvalue weighted by atomic mass is 10.4. The van der Waals surface area contributed by atoms with E-state index < -0.39 is 14.9 Å². The smallest absolute Gasteiger partial charge is 0.465 e. The van der Waals surface area contributed by atoms with Crippen LogP contribution in [-0.2, 0) is 13.3 Å². The molecule has 0 saturated heterocycles. The molecule has 0 saturated carbocycles. The summed E-state index contributed by atoms with van der Waals surface area (Å²) in [7, 11) is 0.493. The Kier molecular flexibility index (Phi) is 8.94. The molecular weight excluding hydrogens is 256 g/mol. The van der Waals surface area contributed by atoms with Gasteiger partial charge in [0.15, 0.2) is 0 Å². The molecule has 18 heavy (non-hydrogen) atoms.